The lowest BCUT2D eigenvalue weighted by Crippen LogP contribution is -2.15. The minimum Gasteiger partial charge on any atom is -0.492 e. The van der Waals surface area contributed by atoms with Gasteiger partial charge in [-0.25, -0.2) is 0 Å². The number of amides is 1. The first-order valence-electron chi connectivity index (χ1n) is 10.2. The number of aryl methyl sites for hydroxylation is 1. The van der Waals surface area contributed by atoms with Crippen LogP contribution in [0.4, 0.5) is 5.69 Å². The standard InChI is InChI=1S/C24H23N5O2S/c1-3-31-21-7-5-4-6-20(21)26-22(30)16-32-24-28-27-23(18-12-14-25-15-13-18)29(24)19-10-8-17(2)9-11-19/h4-15H,3,16H2,1-2H3,(H,26,30). The Morgan fingerprint density at radius 3 is 2.53 bits per heavy atom. The van der Waals surface area contributed by atoms with Crippen molar-refractivity contribution in [1.82, 2.24) is 19.7 Å². The van der Waals surface area contributed by atoms with E-state index in [1.807, 2.05) is 79.1 Å². The quantitative estimate of drug-likeness (QED) is 0.394. The van der Waals surface area contributed by atoms with Gasteiger partial charge >= 0.3 is 0 Å². The van der Waals surface area contributed by atoms with E-state index in [9.17, 15) is 4.79 Å². The van der Waals surface area contributed by atoms with Crippen LogP contribution < -0.4 is 10.1 Å². The van der Waals surface area contributed by atoms with Crippen molar-refractivity contribution in [1.29, 1.82) is 0 Å². The van der Waals surface area contributed by atoms with Crippen LogP contribution in [0.1, 0.15) is 12.5 Å². The number of para-hydroxylation sites is 2. The van der Waals surface area contributed by atoms with Crippen LogP contribution in [0.2, 0.25) is 0 Å². The first kappa shape index (κ1) is 21.6. The molecule has 0 aliphatic heterocycles. The maximum Gasteiger partial charge on any atom is 0.234 e. The molecule has 8 heteroatoms. The molecule has 2 heterocycles. The molecule has 2 aromatic heterocycles. The van der Waals surface area contributed by atoms with E-state index in [0.29, 0.717) is 29.0 Å². The largest absolute Gasteiger partial charge is 0.492 e. The van der Waals surface area contributed by atoms with Gasteiger partial charge in [0, 0.05) is 23.6 Å². The predicted octanol–water partition coefficient (Wildman–Crippen LogP) is 4.77. The van der Waals surface area contributed by atoms with Crippen LogP contribution in [0.25, 0.3) is 17.1 Å². The van der Waals surface area contributed by atoms with Crippen molar-refractivity contribution in [2.24, 2.45) is 0 Å². The second-order valence-electron chi connectivity index (χ2n) is 6.98. The zero-order valence-electron chi connectivity index (χ0n) is 17.9. The second kappa shape index (κ2) is 10.1. The zero-order valence-corrected chi connectivity index (χ0v) is 18.7. The number of hydrogen-bond donors (Lipinski definition) is 1. The Morgan fingerprint density at radius 2 is 1.78 bits per heavy atom. The molecule has 0 saturated carbocycles. The minimum atomic E-state index is -0.147. The van der Waals surface area contributed by atoms with Gasteiger partial charge in [-0.1, -0.05) is 41.6 Å². The molecule has 0 aliphatic carbocycles. The summed E-state index contributed by atoms with van der Waals surface area (Å²) in [7, 11) is 0. The number of carbonyl (C=O) groups excluding carboxylic acids is 1. The van der Waals surface area contributed by atoms with Gasteiger partial charge in [-0.2, -0.15) is 0 Å². The predicted molar refractivity (Wildman–Crippen MR) is 126 cm³/mol. The van der Waals surface area contributed by atoms with Crippen molar-refractivity contribution >= 4 is 23.4 Å². The number of ether oxygens (including phenoxy) is 1. The van der Waals surface area contributed by atoms with Gasteiger partial charge in [-0.3, -0.25) is 14.3 Å². The molecule has 4 aromatic rings. The Hall–Kier alpha value is -3.65. The first-order valence-corrected chi connectivity index (χ1v) is 11.2. The van der Waals surface area contributed by atoms with E-state index in [2.05, 4.69) is 20.5 Å². The fourth-order valence-electron chi connectivity index (χ4n) is 3.15. The molecule has 0 fully saturated rings. The summed E-state index contributed by atoms with van der Waals surface area (Å²) >= 11 is 1.33. The third-order valence-corrected chi connectivity index (χ3v) is 5.59. The summed E-state index contributed by atoms with van der Waals surface area (Å²) < 4.78 is 7.55. The molecule has 2 aromatic carbocycles. The topological polar surface area (TPSA) is 81.9 Å². The van der Waals surface area contributed by atoms with Gasteiger partial charge in [-0.05, 0) is 50.2 Å². The Balaban J connectivity index is 1.57. The van der Waals surface area contributed by atoms with Gasteiger partial charge in [0.1, 0.15) is 5.75 Å². The molecule has 162 valence electrons. The summed E-state index contributed by atoms with van der Waals surface area (Å²) in [6.45, 7) is 4.48. The molecule has 4 rings (SSSR count). The number of benzene rings is 2. The zero-order chi connectivity index (χ0) is 22.3. The van der Waals surface area contributed by atoms with E-state index < -0.39 is 0 Å². The second-order valence-corrected chi connectivity index (χ2v) is 7.92. The van der Waals surface area contributed by atoms with E-state index in [1.54, 1.807) is 12.4 Å². The molecular formula is C24H23N5O2S. The number of pyridine rings is 1. The number of anilines is 1. The van der Waals surface area contributed by atoms with E-state index in [-0.39, 0.29) is 11.7 Å². The van der Waals surface area contributed by atoms with Gasteiger partial charge in [0.2, 0.25) is 5.91 Å². The van der Waals surface area contributed by atoms with Crippen LogP contribution in [0.3, 0.4) is 0 Å². The molecule has 0 bridgehead atoms. The van der Waals surface area contributed by atoms with Crippen molar-refractivity contribution in [3.8, 4) is 22.8 Å². The summed E-state index contributed by atoms with van der Waals surface area (Å²) in [5.74, 6) is 1.38. The van der Waals surface area contributed by atoms with E-state index in [1.165, 1.54) is 11.8 Å². The van der Waals surface area contributed by atoms with Gasteiger partial charge in [-0.15, -0.1) is 10.2 Å². The average Bonchev–Trinajstić information content (AvgIpc) is 3.24. The van der Waals surface area contributed by atoms with Crippen molar-refractivity contribution in [3.05, 3.63) is 78.6 Å². The van der Waals surface area contributed by atoms with Gasteiger partial charge < -0.3 is 10.1 Å². The van der Waals surface area contributed by atoms with Crippen molar-refractivity contribution in [3.63, 3.8) is 0 Å². The summed E-state index contributed by atoms with van der Waals surface area (Å²) in [6.07, 6.45) is 3.44. The molecule has 0 unspecified atom stereocenters. The van der Waals surface area contributed by atoms with Crippen molar-refractivity contribution in [2.45, 2.75) is 19.0 Å². The lowest BCUT2D eigenvalue weighted by molar-refractivity contribution is -0.113. The monoisotopic (exact) mass is 445 g/mol. The van der Waals surface area contributed by atoms with Crippen LogP contribution in [0.5, 0.6) is 5.75 Å². The van der Waals surface area contributed by atoms with Gasteiger partial charge in [0.05, 0.1) is 18.0 Å². The Labute approximate surface area is 190 Å². The minimum absolute atomic E-state index is 0.147. The summed E-state index contributed by atoms with van der Waals surface area (Å²) in [4.78, 5) is 16.7. The lowest BCUT2D eigenvalue weighted by Gasteiger charge is -2.12. The number of carbonyl (C=O) groups is 1. The first-order chi connectivity index (χ1) is 15.7. The van der Waals surface area contributed by atoms with E-state index in [4.69, 9.17) is 4.74 Å². The van der Waals surface area contributed by atoms with Gasteiger partial charge in [0.25, 0.3) is 0 Å². The summed E-state index contributed by atoms with van der Waals surface area (Å²) in [5, 5.41) is 12.3. The maximum atomic E-state index is 12.7. The molecule has 32 heavy (non-hydrogen) atoms. The molecular weight excluding hydrogens is 422 g/mol. The number of hydrogen-bond acceptors (Lipinski definition) is 6. The Kier molecular flexibility index (Phi) is 6.81. The number of rotatable bonds is 8. The third-order valence-electron chi connectivity index (χ3n) is 4.66. The van der Waals surface area contributed by atoms with E-state index in [0.717, 1.165) is 16.8 Å². The fraction of sp³-hybridized carbons (Fsp3) is 0.167. The Morgan fingerprint density at radius 1 is 1.03 bits per heavy atom. The van der Waals surface area contributed by atoms with Crippen LogP contribution in [-0.4, -0.2) is 38.0 Å². The third kappa shape index (κ3) is 4.97. The highest BCUT2D eigenvalue weighted by Gasteiger charge is 2.18. The highest BCUT2D eigenvalue weighted by molar-refractivity contribution is 7.99. The number of nitrogens with one attached hydrogen (secondary N) is 1. The number of aromatic nitrogens is 4. The van der Waals surface area contributed by atoms with E-state index >= 15 is 0 Å². The molecule has 0 spiro atoms. The molecule has 1 amide bonds. The maximum absolute atomic E-state index is 12.7. The highest BCUT2D eigenvalue weighted by Crippen LogP contribution is 2.29. The summed E-state index contributed by atoms with van der Waals surface area (Å²) in [6, 6.07) is 19.3. The van der Waals surface area contributed by atoms with Gasteiger partial charge in [0.15, 0.2) is 11.0 Å². The number of thioether (sulfide) groups is 1. The average molecular weight is 446 g/mol. The molecule has 0 atom stereocenters. The molecule has 1 N–H and O–H groups in total. The van der Waals surface area contributed by atoms with Crippen LogP contribution in [0, 0.1) is 6.92 Å². The van der Waals surface area contributed by atoms with Crippen molar-refractivity contribution < 1.29 is 9.53 Å². The normalized spacial score (nSPS) is 10.7. The smallest absolute Gasteiger partial charge is 0.234 e. The van der Waals surface area contributed by atoms with Crippen LogP contribution >= 0.6 is 11.8 Å². The number of nitrogens with zero attached hydrogens (tertiary/aromatic N) is 4. The molecule has 0 saturated heterocycles. The molecule has 7 nitrogen and oxygen atoms in total. The fourth-order valence-corrected chi connectivity index (χ4v) is 3.90. The summed E-state index contributed by atoms with van der Waals surface area (Å²) in [5.41, 5.74) is 3.64. The lowest BCUT2D eigenvalue weighted by atomic mass is 10.2. The van der Waals surface area contributed by atoms with Crippen LogP contribution in [0.15, 0.2) is 78.2 Å². The molecule has 0 radical (unpaired) electrons. The SMILES string of the molecule is CCOc1ccccc1NC(=O)CSc1nnc(-c2ccncc2)n1-c1ccc(C)cc1. The van der Waals surface area contributed by atoms with Crippen LogP contribution in [-0.2, 0) is 4.79 Å². The molecule has 0 aliphatic rings. The van der Waals surface area contributed by atoms with Crippen molar-refractivity contribution in [2.75, 3.05) is 17.7 Å². The Bertz CT molecular complexity index is 1190. The highest BCUT2D eigenvalue weighted by atomic mass is 32.2.